The minimum Gasteiger partial charge on any atom is -0.467 e. The number of nitrogens with zero attached hydrogens (tertiary/aromatic N) is 3. The van der Waals surface area contributed by atoms with E-state index in [1.54, 1.807) is 30.3 Å². The van der Waals surface area contributed by atoms with E-state index in [1.807, 2.05) is 91.0 Å². The molecule has 2 fully saturated rings. The van der Waals surface area contributed by atoms with Crippen molar-refractivity contribution in [1.82, 2.24) is 0 Å². The van der Waals surface area contributed by atoms with Crippen LogP contribution in [0.25, 0.3) is 10.4 Å². The molecule has 0 aromatic heterocycles. The quantitative estimate of drug-likeness (QED) is 0.0632. The highest BCUT2D eigenvalue weighted by molar-refractivity contribution is 5.89. The van der Waals surface area contributed by atoms with Crippen molar-refractivity contribution < 1.29 is 57.3 Å². The summed E-state index contributed by atoms with van der Waals surface area (Å²) in [5.41, 5.74) is 12.5. The first kappa shape index (κ1) is 41.4. The van der Waals surface area contributed by atoms with Crippen molar-refractivity contribution in [3.63, 3.8) is 0 Å². The van der Waals surface area contributed by atoms with Gasteiger partial charge in [0, 0.05) is 12.0 Å². The van der Waals surface area contributed by atoms with Crippen molar-refractivity contribution in [1.29, 1.82) is 0 Å². The van der Waals surface area contributed by atoms with Gasteiger partial charge in [-0.05, 0) is 34.4 Å². The van der Waals surface area contributed by atoms with Crippen LogP contribution in [0.5, 0.6) is 0 Å². The molecule has 4 unspecified atom stereocenters. The molecule has 0 amide bonds. The van der Waals surface area contributed by atoms with E-state index in [0.717, 1.165) is 16.7 Å². The highest BCUT2D eigenvalue weighted by Crippen LogP contribution is 2.35. The molecular formula is C42H45N3O12. The number of hydrogen-bond donors (Lipinski definition) is 1. The predicted octanol–water partition coefficient (Wildman–Crippen LogP) is 5.29. The van der Waals surface area contributed by atoms with E-state index in [-0.39, 0.29) is 32.0 Å². The molecule has 15 nitrogen and oxygen atoms in total. The normalized spacial score (nSPS) is 27.1. The van der Waals surface area contributed by atoms with Gasteiger partial charge in [0.25, 0.3) is 0 Å². The molecule has 0 spiro atoms. The highest BCUT2D eigenvalue weighted by Gasteiger charge is 2.56. The molecule has 4 aromatic rings. The summed E-state index contributed by atoms with van der Waals surface area (Å²) in [4.78, 5) is 30.1. The van der Waals surface area contributed by atoms with E-state index in [0.29, 0.717) is 0 Å². The number of hydrogen-bond acceptors (Lipinski definition) is 13. The Morgan fingerprint density at radius 3 is 1.79 bits per heavy atom. The average molecular weight is 784 g/mol. The molecule has 300 valence electrons. The molecule has 57 heavy (non-hydrogen) atoms. The molecule has 2 heterocycles. The molecule has 1 N–H and O–H groups in total. The number of rotatable bonds is 17. The number of ether oxygens (including phenoxy) is 9. The van der Waals surface area contributed by atoms with Crippen LogP contribution < -0.4 is 0 Å². The van der Waals surface area contributed by atoms with Gasteiger partial charge in [-0.1, -0.05) is 114 Å². The second-order valence-corrected chi connectivity index (χ2v) is 13.3. The standard InChI is InChI=1S/C42H45N3O12/c1-49-40(48)37-36(35(53-25-29-19-11-5-12-20-29)38(42(50-2)57-37)55-39(47)30-21-13-6-14-22-30)56-41-32(44-45-43)34(52-24-28-17-9-4-10-18-28)33(46)31(54-41)26-51-23-27-15-7-3-8-16-27/h3-22,31-38,41-42,46H,23-26H2,1-2H3/t31?,32?,33-,34+,35?,36-,37+,38?,41-,42-/m0/s1. The Balaban J connectivity index is 1.36. The minimum atomic E-state index is -1.54. The van der Waals surface area contributed by atoms with Crippen molar-refractivity contribution in [2.24, 2.45) is 5.11 Å². The van der Waals surface area contributed by atoms with Crippen LogP contribution in [-0.2, 0) is 67.2 Å². The lowest BCUT2D eigenvalue weighted by Gasteiger charge is -2.48. The Labute approximate surface area is 329 Å². The summed E-state index contributed by atoms with van der Waals surface area (Å²) in [6, 6.07) is 34.8. The third kappa shape index (κ3) is 10.8. The van der Waals surface area contributed by atoms with Crippen molar-refractivity contribution in [3.05, 3.63) is 154 Å². The van der Waals surface area contributed by atoms with Crippen molar-refractivity contribution in [2.45, 2.75) is 81.2 Å². The van der Waals surface area contributed by atoms with Crippen LogP contribution >= 0.6 is 0 Å². The smallest absolute Gasteiger partial charge is 0.338 e. The van der Waals surface area contributed by atoms with Gasteiger partial charge in [0.15, 0.2) is 24.8 Å². The molecule has 15 heteroatoms. The molecule has 10 atom stereocenters. The minimum absolute atomic E-state index is 0.0160. The maximum absolute atomic E-state index is 13.6. The fourth-order valence-corrected chi connectivity index (χ4v) is 6.62. The van der Waals surface area contributed by atoms with E-state index in [4.69, 9.17) is 42.6 Å². The maximum atomic E-state index is 13.6. The number of aliphatic hydroxyl groups excluding tert-OH is 1. The second kappa shape index (κ2) is 20.8. The average Bonchev–Trinajstić information content (AvgIpc) is 3.25. The fraction of sp³-hybridized carbons (Fsp3) is 0.381. The van der Waals surface area contributed by atoms with Gasteiger partial charge in [-0.15, -0.1) is 0 Å². The van der Waals surface area contributed by atoms with Gasteiger partial charge < -0.3 is 47.7 Å². The number of azide groups is 1. The SMILES string of the molecule is COC(=O)[C@@H]1O[C@H](OC)C(OC(=O)c2ccccc2)C(OCc2ccccc2)[C@@H]1O[C@@H]1OC(COCc2ccccc2)[C@H](O)[C@H](OCc2ccccc2)C1N=[N+]=[N-]. The molecular weight excluding hydrogens is 738 g/mol. The van der Waals surface area contributed by atoms with Crippen LogP contribution in [0.4, 0.5) is 0 Å². The first-order valence-corrected chi connectivity index (χ1v) is 18.4. The first-order valence-electron chi connectivity index (χ1n) is 18.4. The maximum Gasteiger partial charge on any atom is 0.338 e. The number of benzene rings is 4. The van der Waals surface area contributed by atoms with Crippen LogP contribution in [0.15, 0.2) is 126 Å². The van der Waals surface area contributed by atoms with Gasteiger partial charge in [-0.3, -0.25) is 0 Å². The number of esters is 2. The summed E-state index contributed by atoms with van der Waals surface area (Å²) in [6.07, 6.45) is -12.0. The Morgan fingerprint density at radius 1 is 0.702 bits per heavy atom. The van der Waals surface area contributed by atoms with E-state index in [1.165, 1.54) is 14.2 Å². The fourth-order valence-electron chi connectivity index (χ4n) is 6.62. The van der Waals surface area contributed by atoms with Crippen LogP contribution in [0, 0.1) is 0 Å². The van der Waals surface area contributed by atoms with E-state index in [2.05, 4.69) is 10.0 Å². The molecule has 0 bridgehead atoms. The van der Waals surface area contributed by atoms with E-state index in [9.17, 15) is 20.2 Å². The number of methoxy groups -OCH3 is 2. The Bertz CT molecular complexity index is 1890. The topological polar surface area (TPSA) is 186 Å². The summed E-state index contributed by atoms with van der Waals surface area (Å²) in [6.45, 7) is 0.107. The van der Waals surface area contributed by atoms with Crippen LogP contribution in [0.3, 0.4) is 0 Å². The number of aliphatic hydroxyl groups is 1. The lowest BCUT2D eigenvalue weighted by Crippen LogP contribution is -2.66. The third-order valence-electron chi connectivity index (χ3n) is 9.50. The third-order valence-corrected chi connectivity index (χ3v) is 9.50. The zero-order valence-corrected chi connectivity index (χ0v) is 31.4. The summed E-state index contributed by atoms with van der Waals surface area (Å²) >= 11 is 0. The van der Waals surface area contributed by atoms with Crippen LogP contribution in [-0.4, -0.2) is 99.2 Å². The first-order chi connectivity index (χ1) is 27.9. The van der Waals surface area contributed by atoms with E-state index < -0.39 is 73.3 Å². The van der Waals surface area contributed by atoms with Gasteiger partial charge in [0.1, 0.15) is 30.5 Å². The predicted molar refractivity (Wildman–Crippen MR) is 202 cm³/mol. The molecule has 4 aromatic carbocycles. The monoisotopic (exact) mass is 783 g/mol. The zero-order valence-electron chi connectivity index (χ0n) is 31.4. The van der Waals surface area contributed by atoms with Gasteiger partial charge in [0.05, 0.1) is 45.2 Å². The Kier molecular flexibility index (Phi) is 15.1. The molecule has 2 saturated heterocycles. The molecule has 0 saturated carbocycles. The molecule has 2 aliphatic rings. The van der Waals surface area contributed by atoms with Crippen molar-refractivity contribution in [2.75, 3.05) is 20.8 Å². The molecule has 0 radical (unpaired) electrons. The van der Waals surface area contributed by atoms with Gasteiger partial charge in [-0.2, -0.15) is 0 Å². The van der Waals surface area contributed by atoms with Gasteiger partial charge >= 0.3 is 11.9 Å². The van der Waals surface area contributed by atoms with Gasteiger partial charge in [0.2, 0.25) is 0 Å². The highest BCUT2D eigenvalue weighted by atomic mass is 16.8. The molecule has 0 aliphatic carbocycles. The largest absolute Gasteiger partial charge is 0.467 e. The molecule has 6 rings (SSSR count). The zero-order chi connectivity index (χ0) is 40.0. The van der Waals surface area contributed by atoms with Crippen molar-refractivity contribution in [3.8, 4) is 0 Å². The summed E-state index contributed by atoms with van der Waals surface area (Å²) in [7, 11) is 2.51. The van der Waals surface area contributed by atoms with Gasteiger partial charge in [-0.25, -0.2) is 9.59 Å². The van der Waals surface area contributed by atoms with Crippen LogP contribution in [0.1, 0.15) is 27.0 Å². The lowest BCUT2D eigenvalue weighted by atomic mass is 9.95. The van der Waals surface area contributed by atoms with E-state index >= 15 is 0 Å². The summed E-state index contributed by atoms with van der Waals surface area (Å²) < 4.78 is 54.7. The molecule has 2 aliphatic heterocycles. The Hall–Kier alpha value is -5.19. The van der Waals surface area contributed by atoms with Crippen LogP contribution in [0.2, 0.25) is 0 Å². The summed E-state index contributed by atoms with van der Waals surface area (Å²) in [5.74, 6) is -1.58. The van der Waals surface area contributed by atoms with Crippen molar-refractivity contribution >= 4 is 11.9 Å². The lowest BCUT2D eigenvalue weighted by molar-refractivity contribution is -0.344. The number of carbonyl (C=O) groups excluding carboxylic acids is 2. The number of carbonyl (C=O) groups is 2. The Morgan fingerprint density at radius 2 is 1.25 bits per heavy atom. The second-order valence-electron chi connectivity index (χ2n) is 13.3. The summed E-state index contributed by atoms with van der Waals surface area (Å²) in [5, 5.41) is 15.7.